The average molecular weight is 257 g/mol. The van der Waals surface area contributed by atoms with Crippen molar-refractivity contribution in [2.24, 2.45) is 5.92 Å². The molecule has 1 aromatic heterocycles. The molecule has 1 N–H and O–H groups in total. The predicted molar refractivity (Wildman–Crippen MR) is 57.8 cm³/mol. The fourth-order valence-corrected chi connectivity index (χ4v) is 2.27. The van der Waals surface area contributed by atoms with Gasteiger partial charge >= 0.3 is 0 Å². The highest BCUT2D eigenvalue weighted by molar-refractivity contribution is 9.10. The maximum absolute atomic E-state index is 10.1. The second kappa shape index (κ2) is 4.32. The van der Waals surface area contributed by atoms with Gasteiger partial charge in [0.1, 0.15) is 11.9 Å². The van der Waals surface area contributed by atoms with Gasteiger partial charge in [0, 0.05) is 0 Å². The molecule has 0 radical (unpaired) electrons. The Morgan fingerprint density at radius 2 is 2.36 bits per heavy atom. The number of aliphatic hydroxyl groups is 1. The smallest absolute Gasteiger partial charge is 0.146 e. The maximum Gasteiger partial charge on any atom is 0.146 e. The summed E-state index contributed by atoms with van der Waals surface area (Å²) in [4.78, 5) is 0. The molecule has 0 saturated heterocycles. The lowest BCUT2D eigenvalue weighted by atomic mass is 9.88. The standard InChI is InChI=1S/C11H13BrO2/c12-9-6-7-14-11(9)10(13)8-4-2-1-3-5-8/h1-2,6-8,10,13H,3-5H2. The van der Waals surface area contributed by atoms with E-state index < -0.39 is 6.10 Å². The molecule has 3 heteroatoms. The van der Waals surface area contributed by atoms with Crippen LogP contribution < -0.4 is 0 Å². The summed E-state index contributed by atoms with van der Waals surface area (Å²) in [5, 5.41) is 10.1. The van der Waals surface area contributed by atoms with E-state index in [0.717, 1.165) is 23.7 Å². The number of furan rings is 1. The van der Waals surface area contributed by atoms with E-state index in [-0.39, 0.29) is 0 Å². The Morgan fingerprint density at radius 1 is 1.50 bits per heavy atom. The predicted octanol–water partition coefficient (Wildman–Crippen LogP) is 3.43. The third kappa shape index (κ3) is 1.93. The molecule has 2 unspecified atom stereocenters. The molecule has 14 heavy (non-hydrogen) atoms. The monoisotopic (exact) mass is 256 g/mol. The van der Waals surface area contributed by atoms with E-state index in [9.17, 15) is 5.11 Å². The molecule has 1 aromatic rings. The van der Waals surface area contributed by atoms with Crippen molar-refractivity contribution in [1.82, 2.24) is 0 Å². The van der Waals surface area contributed by atoms with Crippen LogP contribution in [0.5, 0.6) is 0 Å². The minimum Gasteiger partial charge on any atom is -0.465 e. The lowest BCUT2D eigenvalue weighted by Crippen LogP contribution is -2.13. The largest absolute Gasteiger partial charge is 0.465 e. The second-order valence-corrected chi connectivity index (χ2v) is 4.48. The fourth-order valence-electron chi connectivity index (χ4n) is 1.83. The first-order chi connectivity index (χ1) is 6.79. The number of aliphatic hydroxyl groups excluding tert-OH is 1. The summed E-state index contributed by atoms with van der Waals surface area (Å²) < 4.78 is 6.12. The highest BCUT2D eigenvalue weighted by Crippen LogP contribution is 2.35. The Morgan fingerprint density at radius 3 is 2.93 bits per heavy atom. The first kappa shape index (κ1) is 9.99. The van der Waals surface area contributed by atoms with Gasteiger partial charge < -0.3 is 9.52 Å². The van der Waals surface area contributed by atoms with Crippen molar-refractivity contribution in [1.29, 1.82) is 0 Å². The lowest BCUT2D eigenvalue weighted by Gasteiger charge is -2.22. The topological polar surface area (TPSA) is 33.4 Å². The molecular weight excluding hydrogens is 244 g/mol. The Kier molecular flexibility index (Phi) is 3.08. The van der Waals surface area contributed by atoms with Crippen LogP contribution in [-0.4, -0.2) is 5.11 Å². The van der Waals surface area contributed by atoms with E-state index in [1.165, 1.54) is 0 Å². The van der Waals surface area contributed by atoms with Gasteiger partial charge in [-0.05, 0) is 47.2 Å². The zero-order valence-corrected chi connectivity index (χ0v) is 9.40. The van der Waals surface area contributed by atoms with E-state index in [2.05, 4.69) is 28.1 Å². The van der Waals surface area contributed by atoms with E-state index in [4.69, 9.17) is 4.42 Å². The first-order valence-corrected chi connectivity index (χ1v) is 5.64. The quantitative estimate of drug-likeness (QED) is 0.823. The molecule has 0 amide bonds. The summed E-state index contributed by atoms with van der Waals surface area (Å²) in [5.41, 5.74) is 0. The third-order valence-electron chi connectivity index (χ3n) is 2.67. The molecule has 0 aliphatic heterocycles. The highest BCUT2D eigenvalue weighted by Gasteiger charge is 2.25. The van der Waals surface area contributed by atoms with Crippen LogP contribution in [0.2, 0.25) is 0 Å². The van der Waals surface area contributed by atoms with E-state index in [1.54, 1.807) is 6.26 Å². The van der Waals surface area contributed by atoms with E-state index in [0.29, 0.717) is 11.7 Å². The van der Waals surface area contributed by atoms with E-state index >= 15 is 0 Å². The summed E-state index contributed by atoms with van der Waals surface area (Å²) in [6, 6.07) is 1.82. The van der Waals surface area contributed by atoms with Crippen molar-refractivity contribution in [3.05, 3.63) is 34.7 Å². The minimum atomic E-state index is -0.482. The normalized spacial score (nSPS) is 23.7. The van der Waals surface area contributed by atoms with Gasteiger partial charge in [0.15, 0.2) is 0 Å². The molecule has 0 saturated carbocycles. The lowest BCUT2D eigenvalue weighted by molar-refractivity contribution is 0.0799. The van der Waals surface area contributed by atoms with Crippen LogP contribution in [0.3, 0.4) is 0 Å². The molecule has 2 rings (SSSR count). The fraction of sp³-hybridized carbons (Fsp3) is 0.455. The zero-order valence-electron chi connectivity index (χ0n) is 7.82. The van der Waals surface area contributed by atoms with Crippen LogP contribution in [0.25, 0.3) is 0 Å². The average Bonchev–Trinajstić information content (AvgIpc) is 2.65. The van der Waals surface area contributed by atoms with Gasteiger partial charge in [-0.1, -0.05) is 12.2 Å². The molecule has 1 aliphatic carbocycles. The summed E-state index contributed by atoms with van der Waals surface area (Å²) in [6.45, 7) is 0. The third-order valence-corrected chi connectivity index (χ3v) is 3.32. The van der Waals surface area contributed by atoms with Crippen molar-refractivity contribution in [2.75, 3.05) is 0 Å². The van der Waals surface area contributed by atoms with Gasteiger partial charge in [0.25, 0.3) is 0 Å². The summed E-state index contributed by atoms with van der Waals surface area (Å²) >= 11 is 3.36. The van der Waals surface area contributed by atoms with Crippen LogP contribution in [-0.2, 0) is 0 Å². The van der Waals surface area contributed by atoms with Crippen molar-refractivity contribution in [3.63, 3.8) is 0 Å². The molecule has 2 atom stereocenters. The summed E-state index contributed by atoms with van der Waals surface area (Å²) in [6.07, 6.45) is 8.44. The minimum absolute atomic E-state index is 0.294. The number of halogens is 1. The number of hydrogen-bond acceptors (Lipinski definition) is 2. The van der Waals surface area contributed by atoms with E-state index in [1.807, 2.05) is 6.07 Å². The van der Waals surface area contributed by atoms with Crippen molar-refractivity contribution in [3.8, 4) is 0 Å². The van der Waals surface area contributed by atoms with Gasteiger partial charge in [0.2, 0.25) is 0 Å². The molecule has 0 aromatic carbocycles. The molecular formula is C11H13BrO2. The number of rotatable bonds is 2. The molecule has 2 nitrogen and oxygen atoms in total. The van der Waals surface area contributed by atoms with Crippen LogP contribution in [0, 0.1) is 5.92 Å². The molecule has 0 spiro atoms. The number of allylic oxidation sites excluding steroid dienone is 2. The Bertz CT molecular complexity index is 330. The van der Waals surface area contributed by atoms with Crippen molar-refractivity contribution < 1.29 is 9.52 Å². The van der Waals surface area contributed by atoms with Crippen LogP contribution >= 0.6 is 15.9 Å². The zero-order chi connectivity index (χ0) is 9.97. The molecule has 0 fully saturated rings. The Hall–Kier alpha value is -0.540. The first-order valence-electron chi connectivity index (χ1n) is 4.85. The van der Waals surface area contributed by atoms with Crippen molar-refractivity contribution >= 4 is 15.9 Å². The molecule has 0 bridgehead atoms. The number of hydrogen-bond donors (Lipinski definition) is 1. The summed E-state index contributed by atoms with van der Waals surface area (Å²) in [5.74, 6) is 0.952. The van der Waals surface area contributed by atoms with Gasteiger partial charge in [-0.3, -0.25) is 0 Å². The summed E-state index contributed by atoms with van der Waals surface area (Å²) in [7, 11) is 0. The Labute approximate surface area is 91.7 Å². The molecule has 1 aliphatic rings. The van der Waals surface area contributed by atoms with Crippen LogP contribution in [0.1, 0.15) is 31.1 Å². The molecule has 1 heterocycles. The van der Waals surface area contributed by atoms with Crippen LogP contribution in [0.4, 0.5) is 0 Å². The van der Waals surface area contributed by atoms with Crippen LogP contribution in [0.15, 0.2) is 33.4 Å². The molecule has 76 valence electrons. The van der Waals surface area contributed by atoms with Gasteiger partial charge in [0.05, 0.1) is 10.7 Å². The SMILES string of the molecule is OC(c1occc1Br)C1CC=CCC1. The second-order valence-electron chi connectivity index (χ2n) is 3.62. The van der Waals surface area contributed by atoms with Gasteiger partial charge in [-0.15, -0.1) is 0 Å². The van der Waals surface area contributed by atoms with Gasteiger partial charge in [-0.25, -0.2) is 0 Å². The van der Waals surface area contributed by atoms with Crippen molar-refractivity contribution in [2.45, 2.75) is 25.4 Å². The van der Waals surface area contributed by atoms with Gasteiger partial charge in [-0.2, -0.15) is 0 Å². The maximum atomic E-state index is 10.1. The highest BCUT2D eigenvalue weighted by atomic mass is 79.9. The Balaban J connectivity index is 2.11.